The van der Waals surface area contributed by atoms with Crippen LogP contribution in [-0.4, -0.2) is 9.19 Å². The first kappa shape index (κ1) is 16.4. The van der Waals surface area contributed by atoms with E-state index >= 15 is 0 Å². The minimum Gasteiger partial charge on any atom is -0.256 e. The van der Waals surface area contributed by atoms with Crippen LogP contribution in [0.1, 0.15) is 25.3 Å². The van der Waals surface area contributed by atoms with Crippen LogP contribution < -0.4 is 0 Å². The highest BCUT2D eigenvalue weighted by Crippen LogP contribution is 2.45. The Balaban J connectivity index is 1.83. The largest absolute Gasteiger partial charge is 0.256 e. The first-order chi connectivity index (χ1) is 13.1. The van der Waals surface area contributed by atoms with Crippen LogP contribution >= 0.6 is 0 Å². The Morgan fingerprint density at radius 2 is 1.67 bits per heavy atom. The van der Waals surface area contributed by atoms with Crippen LogP contribution in [0.2, 0.25) is 0 Å². The van der Waals surface area contributed by atoms with Crippen molar-refractivity contribution in [2.45, 2.75) is 29.6 Å². The highest BCUT2D eigenvalue weighted by molar-refractivity contribution is 7.85. The zero-order valence-electron chi connectivity index (χ0n) is 15.3. The van der Waals surface area contributed by atoms with Gasteiger partial charge in [0.1, 0.15) is 0 Å². The number of rotatable bonds is 2. The van der Waals surface area contributed by atoms with Crippen LogP contribution in [0.4, 0.5) is 0 Å². The van der Waals surface area contributed by atoms with Gasteiger partial charge in [0, 0.05) is 22.9 Å². The lowest BCUT2D eigenvalue weighted by Gasteiger charge is -2.15. The second-order valence-corrected chi connectivity index (χ2v) is 8.66. The van der Waals surface area contributed by atoms with Gasteiger partial charge in [-0.15, -0.1) is 0 Å². The third kappa shape index (κ3) is 2.46. The van der Waals surface area contributed by atoms with Gasteiger partial charge in [0.2, 0.25) is 0 Å². The van der Waals surface area contributed by atoms with E-state index in [4.69, 9.17) is 4.98 Å². The first-order valence-corrected chi connectivity index (χ1v) is 10.3. The van der Waals surface area contributed by atoms with Crippen molar-refractivity contribution in [1.82, 2.24) is 4.98 Å². The van der Waals surface area contributed by atoms with Crippen LogP contribution in [0.25, 0.3) is 33.2 Å². The molecule has 3 heteroatoms. The average Bonchev–Trinajstić information content (AvgIpc) is 3.00. The van der Waals surface area contributed by atoms with Crippen LogP contribution in [-0.2, 0) is 10.8 Å². The minimum absolute atomic E-state index is 0.410. The molecular formula is C24H19NOS. The lowest BCUT2D eigenvalue weighted by molar-refractivity contribution is 0.685. The molecule has 1 aromatic heterocycles. The van der Waals surface area contributed by atoms with E-state index in [1.165, 1.54) is 16.3 Å². The monoisotopic (exact) mass is 369 g/mol. The third-order valence-corrected chi connectivity index (χ3v) is 6.75. The van der Waals surface area contributed by atoms with E-state index in [0.717, 1.165) is 32.2 Å². The maximum absolute atomic E-state index is 12.9. The van der Waals surface area contributed by atoms with E-state index in [-0.39, 0.29) is 0 Å². The van der Waals surface area contributed by atoms with Gasteiger partial charge >= 0.3 is 0 Å². The topological polar surface area (TPSA) is 30.0 Å². The molecule has 0 N–H and O–H groups in total. The molecule has 0 spiro atoms. The van der Waals surface area contributed by atoms with Crippen molar-refractivity contribution < 1.29 is 4.21 Å². The zero-order valence-corrected chi connectivity index (χ0v) is 16.1. The number of benzene rings is 3. The number of aromatic nitrogens is 1. The highest BCUT2D eigenvalue weighted by Gasteiger charge is 2.28. The molecule has 1 unspecified atom stereocenters. The average molecular weight is 369 g/mol. The molecular weight excluding hydrogens is 350 g/mol. The molecule has 0 fully saturated rings. The van der Waals surface area contributed by atoms with Gasteiger partial charge in [-0.25, -0.2) is 4.21 Å². The summed E-state index contributed by atoms with van der Waals surface area (Å²) in [6, 6.07) is 22.8. The molecule has 3 aromatic carbocycles. The van der Waals surface area contributed by atoms with Crippen LogP contribution in [0.3, 0.4) is 0 Å². The SMILES string of the molecule is CC(C)c1cc(-c2nccc3c2-c2ccccc2S3=O)cc2ccccc12. The molecule has 4 aromatic rings. The molecule has 1 aliphatic rings. The summed E-state index contributed by atoms with van der Waals surface area (Å²) in [5, 5.41) is 2.50. The van der Waals surface area contributed by atoms with Gasteiger partial charge in [0.15, 0.2) is 0 Å². The van der Waals surface area contributed by atoms with Crippen LogP contribution in [0.15, 0.2) is 82.7 Å². The van der Waals surface area contributed by atoms with Crippen molar-refractivity contribution in [2.75, 3.05) is 0 Å². The minimum atomic E-state index is -1.14. The van der Waals surface area contributed by atoms with Crippen molar-refractivity contribution in [3.8, 4) is 22.4 Å². The molecule has 0 amide bonds. The predicted octanol–water partition coefficient (Wildman–Crippen LogP) is 6.17. The lowest BCUT2D eigenvalue weighted by atomic mass is 9.91. The van der Waals surface area contributed by atoms with Crippen molar-refractivity contribution in [2.24, 2.45) is 0 Å². The van der Waals surface area contributed by atoms with E-state index in [9.17, 15) is 4.21 Å². The lowest BCUT2D eigenvalue weighted by Crippen LogP contribution is -1.95. The van der Waals surface area contributed by atoms with Gasteiger partial charge in [-0.1, -0.05) is 56.3 Å². The summed E-state index contributed by atoms with van der Waals surface area (Å²) >= 11 is 0. The van der Waals surface area contributed by atoms with Gasteiger partial charge < -0.3 is 0 Å². The molecule has 2 nitrogen and oxygen atoms in total. The Hall–Kier alpha value is -2.78. The second kappa shape index (κ2) is 6.14. The molecule has 5 rings (SSSR count). The number of nitrogens with zero attached hydrogens (tertiary/aromatic N) is 1. The smallest absolute Gasteiger partial charge is 0.0863 e. The van der Waals surface area contributed by atoms with Gasteiger partial charge in [-0.2, -0.15) is 0 Å². The van der Waals surface area contributed by atoms with Crippen molar-refractivity contribution in [3.63, 3.8) is 0 Å². The second-order valence-electron chi connectivity index (χ2n) is 7.24. The molecule has 0 radical (unpaired) electrons. The molecule has 1 aliphatic heterocycles. The zero-order chi connectivity index (χ0) is 18.5. The van der Waals surface area contributed by atoms with Gasteiger partial charge in [0.25, 0.3) is 0 Å². The van der Waals surface area contributed by atoms with Crippen molar-refractivity contribution >= 4 is 21.6 Å². The normalized spacial score (nSPS) is 15.1. The molecule has 27 heavy (non-hydrogen) atoms. The molecule has 2 heterocycles. The fourth-order valence-electron chi connectivity index (χ4n) is 3.99. The molecule has 0 saturated heterocycles. The molecule has 1 atom stereocenters. The van der Waals surface area contributed by atoms with Gasteiger partial charge in [-0.05, 0) is 46.5 Å². The fraction of sp³-hybridized carbons (Fsp3) is 0.125. The van der Waals surface area contributed by atoms with Crippen molar-refractivity contribution in [3.05, 3.63) is 78.5 Å². The number of fused-ring (bicyclic) bond motifs is 4. The summed E-state index contributed by atoms with van der Waals surface area (Å²) in [6.07, 6.45) is 1.78. The maximum Gasteiger partial charge on any atom is 0.0863 e. The molecule has 0 bridgehead atoms. The first-order valence-electron chi connectivity index (χ1n) is 9.18. The van der Waals surface area contributed by atoms with E-state index in [2.05, 4.69) is 56.3 Å². The number of hydrogen-bond donors (Lipinski definition) is 0. The Labute approximate surface area is 161 Å². The number of hydrogen-bond acceptors (Lipinski definition) is 2. The summed E-state index contributed by atoms with van der Waals surface area (Å²) in [6.45, 7) is 4.44. The van der Waals surface area contributed by atoms with Crippen LogP contribution in [0, 0.1) is 0 Å². The summed E-state index contributed by atoms with van der Waals surface area (Å²) in [5.41, 5.74) is 5.36. The maximum atomic E-state index is 12.9. The van der Waals surface area contributed by atoms with Gasteiger partial charge in [0.05, 0.1) is 26.3 Å². The Kier molecular flexibility index (Phi) is 3.73. The van der Waals surface area contributed by atoms with E-state index < -0.39 is 10.8 Å². The van der Waals surface area contributed by atoms with Crippen molar-refractivity contribution in [1.29, 1.82) is 0 Å². The van der Waals surface area contributed by atoms with Crippen LogP contribution in [0.5, 0.6) is 0 Å². The van der Waals surface area contributed by atoms with E-state index in [1.54, 1.807) is 6.20 Å². The molecule has 0 saturated carbocycles. The standard InChI is InChI=1S/C24H19NOS/c1-15(2)20-14-17(13-16-7-3-4-8-18(16)20)24-23-19-9-5-6-10-21(19)27(26)22(23)11-12-25-24/h3-15H,1-2H3. The summed E-state index contributed by atoms with van der Waals surface area (Å²) in [5.74, 6) is 0.410. The Bertz CT molecular complexity index is 1230. The quantitative estimate of drug-likeness (QED) is 0.372. The summed E-state index contributed by atoms with van der Waals surface area (Å²) in [4.78, 5) is 6.47. The van der Waals surface area contributed by atoms with Gasteiger partial charge in [-0.3, -0.25) is 4.98 Å². The summed E-state index contributed by atoms with van der Waals surface area (Å²) < 4.78 is 12.9. The molecule has 132 valence electrons. The Morgan fingerprint density at radius 1 is 0.889 bits per heavy atom. The predicted molar refractivity (Wildman–Crippen MR) is 111 cm³/mol. The fourth-order valence-corrected chi connectivity index (χ4v) is 5.37. The summed E-state index contributed by atoms with van der Waals surface area (Å²) in [7, 11) is -1.14. The van der Waals surface area contributed by atoms with E-state index in [0.29, 0.717) is 5.92 Å². The van der Waals surface area contributed by atoms with E-state index in [1.807, 2.05) is 24.3 Å². The molecule has 0 aliphatic carbocycles. The Morgan fingerprint density at radius 3 is 2.52 bits per heavy atom. The number of pyridine rings is 1. The highest BCUT2D eigenvalue weighted by atomic mass is 32.2. The third-order valence-electron chi connectivity index (χ3n) is 5.26.